The molecular formula is C15H18F2N2. The fraction of sp³-hybridized carbons (Fsp3) is 0.333. The van der Waals surface area contributed by atoms with E-state index < -0.39 is 5.82 Å². The number of aryl methyl sites for hydroxylation is 1. The average molecular weight is 264 g/mol. The first-order chi connectivity index (χ1) is 9.11. The molecule has 0 aliphatic carbocycles. The smallest absolute Gasteiger partial charge is 0.128 e. The summed E-state index contributed by atoms with van der Waals surface area (Å²) in [6, 6.07) is 7.30. The normalized spacial score (nSPS) is 12.6. The van der Waals surface area contributed by atoms with Crippen molar-refractivity contribution in [2.75, 3.05) is 0 Å². The lowest BCUT2D eigenvalue weighted by molar-refractivity contribution is 0.508. The molecule has 2 nitrogen and oxygen atoms in total. The molecule has 0 saturated heterocycles. The molecular weight excluding hydrogens is 246 g/mol. The van der Waals surface area contributed by atoms with Crippen LogP contribution in [0.2, 0.25) is 0 Å². The predicted molar refractivity (Wildman–Crippen MR) is 71.7 cm³/mol. The van der Waals surface area contributed by atoms with E-state index in [-0.39, 0.29) is 11.9 Å². The first-order valence-electron chi connectivity index (χ1n) is 6.44. The Labute approximate surface area is 112 Å². The molecule has 1 atom stereocenters. The molecule has 1 N–H and O–H groups in total. The van der Waals surface area contributed by atoms with Crippen LogP contribution >= 0.6 is 0 Å². The predicted octanol–water partition coefficient (Wildman–Crippen LogP) is 3.64. The monoisotopic (exact) mass is 264 g/mol. The molecule has 0 saturated carbocycles. The number of hydrogen-bond donors (Lipinski definition) is 1. The number of aromatic nitrogens is 1. The van der Waals surface area contributed by atoms with Gasteiger partial charge in [0.25, 0.3) is 0 Å². The summed E-state index contributed by atoms with van der Waals surface area (Å²) in [5, 5.41) is 3.22. The molecule has 1 aromatic carbocycles. The SMILES string of the molecule is CCn1cccc1CNC(C)c1cc(F)ccc1F. The molecule has 2 rings (SSSR count). The van der Waals surface area contributed by atoms with E-state index in [1.807, 2.05) is 25.3 Å². The Kier molecular flexibility index (Phi) is 4.32. The maximum atomic E-state index is 13.6. The third-order valence-electron chi connectivity index (χ3n) is 3.28. The summed E-state index contributed by atoms with van der Waals surface area (Å²) >= 11 is 0. The van der Waals surface area contributed by atoms with Crippen LogP contribution in [0, 0.1) is 11.6 Å². The maximum Gasteiger partial charge on any atom is 0.128 e. The van der Waals surface area contributed by atoms with Crippen LogP contribution in [-0.2, 0) is 13.1 Å². The Balaban J connectivity index is 2.05. The minimum absolute atomic E-state index is 0.240. The summed E-state index contributed by atoms with van der Waals surface area (Å²) in [6.07, 6.45) is 2.00. The van der Waals surface area contributed by atoms with E-state index in [9.17, 15) is 8.78 Å². The van der Waals surface area contributed by atoms with E-state index in [4.69, 9.17) is 0 Å². The summed E-state index contributed by atoms with van der Waals surface area (Å²) in [4.78, 5) is 0. The zero-order valence-electron chi connectivity index (χ0n) is 11.2. The van der Waals surface area contributed by atoms with E-state index in [0.29, 0.717) is 12.1 Å². The molecule has 0 bridgehead atoms. The largest absolute Gasteiger partial charge is 0.351 e. The van der Waals surface area contributed by atoms with Crippen molar-refractivity contribution < 1.29 is 8.78 Å². The van der Waals surface area contributed by atoms with Gasteiger partial charge in [-0.05, 0) is 44.2 Å². The second-order valence-electron chi connectivity index (χ2n) is 4.55. The second-order valence-corrected chi connectivity index (χ2v) is 4.55. The van der Waals surface area contributed by atoms with Gasteiger partial charge in [0, 0.05) is 36.6 Å². The fourth-order valence-corrected chi connectivity index (χ4v) is 2.13. The molecule has 2 aromatic rings. The van der Waals surface area contributed by atoms with Gasteiger partial charge < -0.3 is 9.88 Å². The summed E-state index contributed by atoms with van der Waals surface area (Å²) in [6.45, 7) is 5.42. The molecule has 0 radical (unpaired) electrons. The van der Waals surface area contributed by atoms with Crippen molar-refractivity contribution in [1.29, 1.82) is 0 Å². The number of benzene rings is 1. The van der Waals surface area contributed by atoms with Gasteiger partial charge in [0.1, 0.15) is 11.6 Å². The topological polar surface area (TPSA) is 17.0 Å². The van der Waals surface area contributed by atoms with E-state index in [1.54, 1.807) is 0 Å². The van der Waals surface area contributed by atoms with E-state index in [1.165, 1.54) is 6.07 Å². The van der Waals surface area contributed by atoms with Gasteiger partial charge in [0.05, 0.1) is 0 Å². The molecule has 4 heteroatoms. The molecule has 0 aliphatic heterocycles. The van der Waals surface area contributed by atoms with Crippen LogP contribution in [-0.4, -0.2) is 4.57 Å². The molecule has 102 valence electrons. The van der Waals surface area contributed by atoms with Gasteiger partial charge in [0.2, 0.25) is 0 Å². The van der Waals surface area contributed by atoms with Crippen LogP contribution in [0.5, 0.6) is 0 Å². The highest BCUT2D eigenvalue weighted by atomic mass is 19.1. The molecule has 0 fully saturated rings. The van der Waals surface area contributed by atoms with Crippen LogP contribution < -0.4 is 5.32 Å². The highest BCUT2D eigenvalue weighted by Crippen LogP contribution is 2.18. The van der Waals surface area contributed by atoms with Gasteiger partial charge in [-0.2, -0.15) is 0 Å². The second kappa shape index (κ2) is 5.97. The van der Waals surface area contributed by atoms with E-state index >= 15 is 0 Å². The number of halogens is 2. The molecule has 1 heterocycles. The fourth-order valence-electron chi connectivity index (χ4n) is 2.13. The van der Waals surface area contributed by atoms with Crippen LogP contribution in [0.15, 0.2) is 36.5 Å². The Hall–Kier alpha value is -1.68. The summed E-state index contributed by atoms with van der Waals surface area (Å²) in [5.41, 5.74) is 1.49. The van der Waals surface area contributed by atoms with Crippen molar-refractivity contribution in [2.45, 2.75) is 33.0 Å². The van der Waals surface area contributed by atoms with E-state index in [0.717, 1.165) is 24.4 Å². The maximum absolute atomic E-state index is 13.6. The van der Waals surface area contributed by atoms with Gasteiger partial charge >= 0.3 is 0 Å². The van der Waals surface area contributed by atoms with Crippen LogP contribution in [0.25, 0.3) is 0 Å². The lowest BCUT2D eigenvalue weighted by atomic mass is 10.1. The third kappa shape index (κ3) is 3.20. The Bertz CT molecular complexity index is 549. The van der Waals surface area contributed by atoms with Crippen LogP contribution in [0.1, 0.15) is 31.1 Å². The highest BCUT2D eigenvalue weighted by Gasteiger charge is 2.12. The lowest BCUT2D eigenvalue weighted by Crippen LogP contribution is -2.21. The average Bonchev–Trinajstić information content (AvgIpc) is 2.86. The Morgan fingerprint density at radius 1 is 1.26 bits per heavy atom. The molecule has 0 spiro atoms. The van der Waals surface area contributed by atoms with Crippen molar-refractivity contribution in [3.05, 3.63) is 59.4 Å². The molecule has 1 aromatic heterocycles. The van der Waals surface area contributed by atoms with Crippen LogP contribution in [0.4, 0.5) is 8.78 Å². The third-order valence-corrected chi connectivity index (χ3v) is 3.28. The summed E-state index contributed by atoms with van der Waals surface area (Å²) in [7, 11) is 0. The van der Waals surface area contributed by atoms with Crippen molar-refractivity contribution in [1.82, 2.24) is 9.88 Å². The zero-order valence-corrected chi connectivity index (χ0v) is 11.2. The van der Waals surface area contributed by atoms with Gasteiger partial charge in [-0.15, -0.1) is 0 Å². The molecule has 0 aliphatic rings. The van der Waals surface area contributed by atoms with Gasteiger partial charge in [-0.25, -0.2) is 8.78 Å². The summed E-state index contributed by atoms with van der Waals surface area (Å²) in [5.74, 6) is -0.797. The number of nitrogens with one attached hydrogen (secondary N) is 1. The number of rotatable bonds is 5. The van der Waals surface area contributed by atoms with Crippen molar-refractivity contribution >= 4 is 0 Å². The van der Waals surface area contributed by atoms with E-state index in [2.05, 4.69) is 16.8 Å². The Morgan fingerprint density at radius 2 is 2.05 bits per heavy atom. The summed E-state index contributed by atoms with van der Waals surface area (Å²) < 4.78 is 28.9. The van der Waals surface area contributed by atoms with Gasteiger partial charge in [0.15, 0.2) is 0 Å². The van der Waals surface area contributed by atoms with Gasteiger partial charge in [-0.3, -0.25) is 0 Å². The van der Waals surface area contributed by atoms with Crippen molar-refractivity contribution in [2.24, 2.45) is 0 Å². The van der Waals surface area contributed by atoms with Crippen molar-refractivity contribution in [3.63, 3.8) is 0 Å². The number of hydrogen-bond acceptors (Lipinski definition) is 1. The standard InChI is InChI=1S/C15H18F2N2/c1-3-19-8-4-5-13(19)10-18-11(2)14-9-12(16)6-7-15(14)17/h4-9,11,18H,3,10H2,1-2H3. The van der Waals surface area contributed by atoms with Crippen molar-refractivity contribution in [3.8, 4) is 0 Å². The Morgan fingerprint density at radius 3 is 2.79 bits per heavy atom. The van der Waals surface area contributed by atoms with Crippen LogP contribution in [0.3, 0.4) is 0 Å². The number of nitrogens with zero attached hydrogens (tertiary/aromatic N) is 1. The molecule has 0 amide bonds. The lowest BCUT2D eigenvalue weighted by Gasteiger charge is -2.16. The quantitative estimate of drug-likeness (QED) is 0.872. The molecule has 1 unspecified atom stereocenters. The first-order valence-corrected chi connectivity index (χ1v) is 6.44. The van der Waals surface area contributed by atoms with Gasteiger partial charge in [-0.1, -0.05) is 0 Å². The highest BCUT2D eigenvalue weighted by molar-refractivity contribution is 5.22. The zero-order chi connectivity index (χ0) is 13.8. The molecule has 19 heavy (non-hydrogen) atoms. The minimum atomic E-state index is -0.415. The first kappa shape index (κ1) is 13.7. The minimum Gasteiger partial charge on any atom is -0.351 e.